The number of unbranched alkanes of at least 4 members (excludes halogenated alkanes) is 3. The molecule has 4 nitrogen and oxygen atoms in total. The van der Waals surface area contributed by atoms with Crippen molar-refractivity contribution in [2.75, 3.05) is 7.11 Å². The summed E-state index contributed by atoms with van der Waals surface area (Å²) >= 11 is 0. The number of nitrogens with zero attached hydrogens (tertiary/aromatic N) is 1. The minimum Gasteiger partial charge on any atom is -0.469 e. The first-order valence-corrected chi connectivity index (χ1v) is 7.07. The molecule has 0 spiro atoms. The minimum atomic E-state index is -0.431. The highest BCUT2D eigenvalue weighted by atomic mass is 16.5. The van der Waals surface area contributed by atoms with Crippen LogP contribution < -0.4 is 0 Å². The van der Waals surface area contributed by atoms with E-state index in [9.17, 15) is 4.79 Å². The van der Waals surface area contributed by atoms with Crippen molar-refractivity contribution in [3.8, 4) is 0 Å². The molecule has 0 aliphatic heterocycles. The van der Waals surface area contributed by atoms with Gasteiger partial charge in [0.15, 0.2) is 0 Å². The zero-order valence-electron chi connectivity index (χ0n) is 12.0. The van der Waals surface area contributed by atoms with Crippen LogP contribution >= 0.6 is 0 Å². The maximum atomic E-state index is 11.4. The SMILES string of the molecule is COC(=O)C(/C=N\O)CCCCCCc1ccccc1. The van der Waals surface area contributed by atoms with Gasteiger partial charge in [0, 0.05) is 0 Å². The van der Waals surface area contributed by atoms with Crippen LogP contribution in [0, 0.1) is 5.92 Å². The van der Waals surface area contributed by atoms with E-state index in [1.807, 2.05) is 6.07 Å². The molecule has 0 saturated carbocycles. The predicted molar refractivity (Wildman–Crippen MR) is 79.0 cm³/mol. The molecular weight excluding hydrogens is 254 g/mol. The highest BCUT2D eigenvalue weighted by Crippen LogP contribution is 2.13. The summed E-state index contributed by atoms with van der Waals surface area (Å²) < 4.78 is 4.66. The second kappa shape index (κ2) is 10.0. The lowest BCUT2D eigenvalue weighted by molar-refractivity contribution is -0.143. The van der Waals surface area contributed by atoms with Crippen molar-refractivity contribution in [1.29, 1.82) is 0 Å². The standard InChI is InChI=1S/C16H23NO3/c1-20-16(18)15(13-17-19)12-8-3-2-5-9-14-10-6-4-7-11-14/h4,6-7,10-11,13,15,19H,2-3,5,8-9,12H2,1H3/b17-13-. The quantitative estimate of drug-likeness (QED) is 0.247. The van der Waals surface area contributed by atoms with Crippen molar-refractivity contribution in [1.82, 2.24) is 0 Å². The van der Waals surface area contributed by atoms with Crippen LogP contribution in [0.1, 0.15) is 37.7 Å². The molecule has 0 aliphatic rings. The molecule has 1 unspecified atom stereocenters. The van der Waals surface area contributed by atoms with E-state index in [1.54, 1.807) is 0 Å². The molecule has 0 bridgehead atoms. The normalized spacial score (nSPS) is 12.4. The average molecular weight is 277 g/mol. The van der Waals surface area contributed by atoms with E-state index >= 15 is 0 Å². The summed E-state index contributed by atoms with van der Waals surface area (Å²) in [7, 11) is 1.35. The number of benzene rings is 1. The predicted octanol–water partition coefficient (Wildman–Crippen LogP) is 3.43. The van der Waals surface area contributed by atoms with Gasteiger partial charge in [-0.3, -0.25) is 4.79 Å². The lowest BCUT2D eigenvalue weighted by Crippen LogP contribution is -2.17. The molecule has 1 N–H and O–H groups in total. The molecular formula is C16H23NO3. The number of aryl methyl sites for hydroxylation is 1. The Labute approximate surface area is 120 Å². The summed E-state index contributed by atoms with van der Waals surface area (Å²) in [5.41, 5.74) is 1.37. The van der Waals surface area contributed by atoms with E-state index < -0.39 is 5.92 Å². The monoisotopic (exact) mass is 277 g/mol. The fraction of sp³-hybridized carbons (Fsp3) is 0.500. The molecule has 0 heterocycles. The first kappa shape index (κ1) is 16.2. The molecule has 0 saturated heterocycles. The largest absolute Gasteiger partial charge is 0.469 e. The van der Waals surface area contributed by atoms with Crippen LogP contribution in [0.2, 0.25) is 0 Å². The Balaban J connectivity index is 2.13. The van der Waals surface area contributed by atoms with E-state index in [1.165, 1.54) is 18.9 Å². The third-order valence-electron chi connectivity index (χ3n) is 3.32. The molecule has 1 atom stereocenters. The van der Waals surface area contributed by atoms with Gasteiger partial charge in [-0.05, 0) is 24.8 Å². The Morgan fingerprint density at radius 1 is 1.25 bits per heavy atom. The van der Waals surface area contributed by atoms with Crippen LogP contribution in [0.15, 0.2) is 35.5 Å². The number of carbonyl (C=O) groups is 1. The molecule has 0 amide bonds. The number of carbonyl (C=O) groups excluding carboxylic acids is 1. The van der Waals surface area contributed by atoms with E-state index in [0.717, 1.165) is 32.1 Å². The van der Waals surface area contributed by atoms with Gasteiger partial charge in [0.2, 0.25) is 0 Å². The van der Waals surface area contributed by atoms with E-state index in [-0.39, 0.29) is 5.97 Å². The summed E-state index contributed by atoms with van der Waals surface area (Å²) in [6.45, 7) is 0. The van der Waals surface area contributed by atoms with Gasteiger partial charge in [0.25, 0.3) is 0 Å². The maximum Gasteiger partial charge on any atom is 0.314 e. The average Bonchev–Trinajstić information content (AvgIpc) is 2.49. The van der Waals surface area contributed by atoms with Gasteiger partial charge >= 0.3 is 5.97 Å². The first-order valence-electron chi connectivity index (χ1n) is 7.07. The van der Waals surface area contributed by atoms with Gasteiger partial charge in [-0.2, -0.15) is 0 Å². The van der Waals surface area contributed by atoms with Crippen molar-refractivity contribution in [2.45, 2.75) is 38.5 Å². The van der Waals surface area contributed by atoms with Crippen molar-refractivity contribution in [3.63, 3.8) is 0 Å². The molecule has 1 aromatic rings. The summed E-state index contributed by atoms with van der Waals surface area (Å²) in [6.07, 6.45) is 7.30. The number of esters is 1. The van der Waals surface area contributed by atoms with E-state index in [4.69, 9.17) is 5.21 Å². The number of methoxy groups -OCH3 is 1. The van der Waals surface area contributed by atoms with Gasteiger partial charge in [-0.25, -0.2) is 0 Å². The van der Waals surface area contributed by atoms with Gasteiger partial charge < -0.3 is 9.94 Å². The van der Waals surface area contributed by atoms with Crippen LogP contribution in [0.5, 0.6) is 0 Å². The minimum absolute atomic E-state index is 0.341. The van der Waals surface area contributed by atoms with Crippen LogP contribution in [-0.2, 0) is 16.0 Å². The summed E-state index contributed by atoms with van der Waals surface area (Å²) in [4.78, 5) is 11.4. The number of hydrogen-bond donors (Lipinski definition) is 1. The van der Waals surface area contributed by atoms with E-state index in [0.29, 0.717) is 6.42 Å². The third-order valence-corrected chi connectivity index (χ3v) is 3.32. The Hall–Kier alpha value is -1.84. The molecule has 20 heavy (non-hydrogen) atoms. The smallest absolute Gasteiger partial charge is 0.314 e. The zero-order chi connectivity index (χ0) is 14.6. The fourth-order valence-electron chi connectivity index (χ4n) is 2.18. The van der Waals surface area contributed by atoms with Gasteiger partial charge in [-0.1, -0.05) is 49.6 Å². The highest BCUT2D eigenvalue weighted by molar-refractivity contribution is 5.89. The van der Waals surface area contributed by atoms with Crippen molar-refractivity contribution in [3.05, 3.63) is 35.9 Å². The van der Waals surface area contributed by atoms with Gasteiger partial charge in [-0.15, -0.1) is 5.16 Å². The van der Waals surface area contributed by atoms with Crippen molar-refractivity contribution < 1.29 is 14.7 Å². The number of oxime groups is 1. The number of ether oxygens (including phenoxy) is 1. The topological polar surface area (TPSA) is 58.9 Å². The Bertz CT molecular complexity index is 403. The molecule has 0 radical (unpaired) electrons. The third kappa shape index (κ3) is 6.36. The maximum absolute atomic E-state index is 11.4. The Morgan fingerprint density at radius 3 is 2.60 bits per heavy atom. The first-order chi connectivity index (χ1) is 9.77. The summed E-state index contributed by atoms with van der Waals surface area (Å²) in [6, 6.07) is 10.4. The molecule has 1 rings (SSSR count). The van der Waals surface area contributed by atoms with Crippen LogP contribution in [0.3, 0.4) is 0 Å². The fourth-order valence-corrected chi connectivity index (χ4v) is 2.18. The highest BCUT2D eigenvalue weighted by Gasteiger charge is 2.16. The molecule has 0 aliphatic carbocycles. The summed E-state index contributed by atoms with van der Waals surface area (Å²) in [5, 5.41) is 11.4. The molecule has 0 aromatic heterocycles. The van der Waals surface area contributed by atoms with Crippen LogP contribution in [0.4, 0.5) is 0 Å². The van der Waals surface area contributed by atoms with Crippen molar-refractivity contribution in [2.24, 2.45) is 11.1 Å². The van der Waals surface area contributed by atoms with Crippen LogP contribution in [0.25, 0.3) is 0 Å². The lowest BCUT2D eigenvalue weighted by atomic mass is 10.0. The Morgan fingerprint density at radius 2 is 1.95 bits per heavy atom. The van der Waals surface area contributed by atoms with Crippen molar-refractivity contribution >= 4 is 12.2 Å². The van der Waals surface area contributed by atoms with E-state index in [2.05, 4.69) is 34.2 Å². The van der Waals surface area contributed by atoms with Gasteiger partial charge in [0.05, 0.1) is 19.2 Å². The van der Waals surface area contributed by atoms with Gasteiger partial charge in [0.1, 0.15) is 0 Å². The number of hydrogen-bond acceptors (Lipinski definition) is 4. The Kier molecular flexibility index (Phi) is 8.11. The molecule has 0 fully saturated rings. The molecule has 1 aromatic carbocycles. The number of rotatable bonds is 9. The van der Waals surface area contributed by atoms with Crippen LogP contribution in [-0.4, -0.2) is 24.5 Å². The second-order valence-electron chi connectivity index (χ2n) is 4.83. The molecule has 110 valence electrons. The summed E-state index contributed by atoms with van der Waals surface area (Å²) in [5.74, 6) is -0.772. The lowest BCUT2D eigenvalue weighted by Gasteiger charge is -2.08. The second-order valence-corrected chi connectivity index (χ2v) is 4.83. The molecule has 4 heteroatoms. The zero-order valence-corrected chi connectivity index (χ0v) is 12.0.